The van der Waals surface area contributed by atoms with Crippen molar-refractivity contribution in [3.8, 4) is 0 Å². The van der Waals surface area contributed by atoms with Gasteiger partial charge in [0, 0.05) is 25.3 Å². The second kappa shape index (κ2) is 6.59. The van der Waals surface area contributed by atoms with Crippen molar-refractivity contribution in [1.82, 2.24) is 9.88 Å². The van der Waals surface area contributed by atoms with Gasteiger partial charge in [-0.2, -0.15) is 0 Å². The van der Waals surface area contributed by atoms with Gasteiger partial charge in [-0.05, 0) is 29.3 Å². The molecular formula is C21H19N3O2. The van der Waals surface area contributed by atoms with Gasteiger partial charge in [0.25, 0.3) is 0 Å². The fourth-order valence-corrected chi connectivity index (χ4v) is 3.43. The van der Waals surface area contributed by atoms with E-state index in [4.69, 9.17) is 0 Å². The van der Waals surface area contributed by atoms with Crippen LogP contribution in [0.4, 0.5) is 5.82 Å². The molecule has 130 valence electrons. The molecule has 0 unspecified atom stereocenters. The number of nitrogens with one attached hydrogen (secondary N) is 1. The summed E-state index contributed by atoms with van der Waals surface area (Å²) in [4.78, 5) is 31.1. The molecule has 0 fully saturated rings. The third kappa shape index (κ3) is 3.04. The van der Waals surface area contributed by atoms with Gasteiger partial charge in [0.1, 0.15) is 11.9 Å². The summed E-state index contributed by atoms with van der Waals surface area (Å²) >= 11 is 0. The Balaban J connectivity index is 1.60. The van der Waals surface area contributed by atoms with Crippen LogP contribution in [0.5, 0.6) is 0 Å². The van der Waals surface area contributed by atoms with E-state index in [-0.39, 0.29) is 11.8 Å². The molecule has 0 bridgehead atoms. The van der Waals surface area contributed by atoms with E-state index in [1.807, 2.05) is 54.6 Å². The molecule has 0 spiro atoms. The van der Waals surface area contributed by atoms with Crippen molar-refractivity contribution in [3.05, 3.63) is 71.8 Å². The molecule has 3 aromatic rings. The summed E-state index contributed by atoms with van der Waals surface area (Å²) in [5, 5.41) is 3.89. The lowest BCUT2D eigenvalue weighted by Crippen LogP contribution is -2.50. The number of rotatable bonds is 2. The third-order valence-corrected chi connectivity index (χ3v) is 4.81. The number of hydrogen-bond acceptors (Lipinski definition) is 3. The molecule has 4 rings (SSSR count). The Hall–Kier alpha value is -3.21. The largest absolute Gasteiger partial charge is 0.326 e. The maximum atomic E-state index is 12.9. The van der Waals surface area contributed by atoms with Gasteiger partial charge in [0.2, 0.25) is 11.8 Å². The summed E-state index contributed by atoms with van der Waals surface area (Å²) < 4.78 is 0. The molecule has 2 aromatic carbocycles. The summed E-state index contributed by atoms with van der Waals surface area (Å²) in [5.74, 6) is 0.180. The minimum Gasteiger partial charge on any atom is -0.326 e. The summed E-state index contributed by atoms with van der Waals surface area (Å²) in [6.07, 6.45) is 0.509. The van der Waals surface area contributed by atoms with Crippen molar-refractivity contribution in [2.45, 2.75) is 25.9 Å². The van der Waals surface area contributed by atoms with Crippen molar-refractivity contribution in [2.24, 2.45) is 0 Å². The lowest BCUT2D eigenvalue weighted by molar-refractivity contribution is -0.138. The van der Waals surface area contributed by atoms with Gasteiger partial charge >= 0.3 is 0 Å². The van der Waals surface area contributed by atoms with Crippen LogP contribution in [-0.2, 0) is 22.6 Å². The molecule has 1 atom stereocenters. The topological polar surface area (TPSA) is 62.3 Å². The zero-order valence-corrected chi connectivity index (χ0v) is 14.5. The van der Waals surface area contributed by atoms with Gasteiger partial charge in [0.15, 0.2) is 0 Å². The van der Waals surface area contributed by atoms with Crippen LogP contribution in [0, 0.1) is 0 Å². The van der Waals surface area contributed by atoms with Crippen LogP contribution in [0.1, 0.15) is 18.1 Å². The summed E-state index contributed by atoms with van der Waals surface area (Å²) in [6.45, 7) is 1.96. The van der Waals surface area contributed by atoms with Gasteiger partial charge in [-0.3, -0.25) is 9.59 Å². The standard InChI is InChI=1S/C21H19N3O2/c1-14(25)24-13-17-8-3-2-7-16(17)12-19(24)21(26)23-20-11-10-15-6-4-5-9-18(15)22-20/h2-11,19H,12-13H2,1H3,(H,22,23,26)/t19-/m0/s1. The Morgan fingerprint density at radius 1 is 1.00 bits per heavy atom. The quantitative estimate of drug-likeness (QED) is 0.776. The molecule has 1 N–H and O–H groups in total. The van der Waals surface area contributed by atoms with Crippen LogP contribution < -0.4 is 5.32 Å². The van der Waals surface area contributed by atoms with E-state index < -0.39 is 6.04 Å². The number of amides is 2. The first-order chi connectivity index (χ1) is 12.6. The molecule has 2 amide bonds. The predicted octanol–water partition coefficient (Wildman–Crippen LogP) is 3.15. The molecule has 1 aliphatic rings. The second-order valence-corrected chi connectivity index (χ2v) is 6.51. The highest BCUT2D eigenvalue weighted by Gasteiger charge is 2.33. The Bertz CT molecular complexity index is 999. The first-order valence-electron chi connectivity index (χ1n) is 8.62. The fraction of sp³-hybridized carbons (Fsp3) is 0.190. The molecule has 1 aliphatic heterocycles. The van der Waals surface area contributed by atoms with Gasteiger partial charge in [-0.25, -0.2) is 4.98 Å². The molecule has 5 nitrogen and oxygen atoms in total. The van der Waals surface area contributed by atoms with Crippen LogP contribution in [0.25, 0.3) is 10.9 Å². The highest BCUT2D eigenvalue weighted by Crippen LogP contribution is 2.24. The maximum absolute atomic E-state index is 12.9. The van der Waals surface area contributed by atoms with E-state index in [1.165, 1.54) is 6.92 Å². The number of carbonyl (C=O) groups excluding carboxylic acids is 2. The van der Waals surface area contributed by atoms with Crippen LogP contribution in [0.15, 0.2) is 60.7 Å². The lowest BCUT2D eigenvalue weighted by Gasteiger charge is -2.35. The molecule has 2 heterocycles. The number of benzene rings is 2. The Morgan fingerprint density at radius 3 is 2.54 bits per heavy atom. The average Bonchev–Trinajstić information content (AvgIpc) is 2.66. The summed E-state index contributed by atoms with van der Waals surface area (Å²) in [7, 11) is 0. The molecule has 26 heavy (non-hydrogen) atoms. The monoisotopic (exact) mass is 345 g/mol. The zero-order chi connectivity index (χ0) is 18.1. The number of fused-ring (bicyclic) bond motifs is 2. The van der Waals surface area contributed by atoms with Crippen molar-refractivity contribution in [2.75, 3.05) is 5.32 Å². The molecule has 5 heteroatoms. The molecular weight excluding hydrogens is 326 g/mol. The third-order valence-electron chi connectivity index (χ3n) is 4.81. The van der Waals surface area contributed by atoms with Crippen molar-refractivity contribution >= 4 is 28.5 Å². The molecule has 0 saturated carbocycles. The van der Waals surface area contributed by atoms with Gasteiger partial charge in [-0.15, -0.1) is 0 Å². The van der Waals surface area contributed by atoms with E-state index in [1.54, 1.807) is 11.0 Å². The fourth-order valence-electron chi connectivity index (χ4n) is 3.43. The maximum Gasteiger partial charge on any atom is 0.248 e. The van der Waals surface area contributed by atoms with Crippen LogP contribution >= 0.6 is 0 Å². The van der Waals surface area contributed by atoms with Crippen LogP contribution in [0.3, 0.4) is 0 Å². The van der Waals surface area contributed by atoms with Crippen LogP contribution in [-0.4, -0.2) is 27.7 Å². The number of pyridine rings is 1. The molecule has 0 aliphatic carbocycles. The Kier molecular flexibility index (Phi) is 4.13. The molecule has 0 radical (unpaired) electrons. The average molecular weight is 345 g/mol. The molecule has 1 aromatic heterocycles. The smallest absolute Gasteiger partial charge is 0.248 e. The SMILES string of the molecule is CC(=O)N1Cc2ccccc2C[C@H]1C(=O)Nc1ccc2ccccc2n1. The number of aromatic nitrogens is 1. The van der Waals surface area contributed by atoms with Crippen molar-refractivity contribution in [3.63, 3.8) is 0 Å². The minimum absolute atomic E-state index is 0.105. The Labute approximate surface area is 151 Å². The summed E-state index contributed by atoms with van der Waals surface area (Å²) in [5.41, 5.74) is 3.02. The van der Waals surface area contributed by atoms with Gasteiger partial charge < -0.3 is 10.2 Å². The first-order valence-corrected chi connectivity index (χ1v) is 8.62. The van der Waals surface area contributed by atoms with E-state index in [9.17, 15) is 9.59 Å². The number of anilines is 1. The zero-order valence-electron chi connectivity index (χ0n) is 14.5. The number of para-hydroxylation sites is 1. The number of nitrogens with zero attached hydrogens (tertiary/aromatic N) is 2. The Morgan fingerprint density at radius 2 is 1.73 bits per heavy atom. The van der Waals surface area contributed by atoms with E-state index in [0.29, 0.717) is 18.8 Å². The van der Waals surface area contributed by atoms with E-state index >= 15 is 0 Å². The minimum atomic E-state index is -0.532. The second-order valence-electron chi connectivity index (χ2n) is 6.51. The highest BCUT2D eigenvalue weighted by molar-refractivity contribution is 5.97. The summed E-state index contributed by atoms with van der Waals surface area (Å²) in [6, 6.07) is 18.9. The number of hydrogen-bond donors (Lipinski definition) is 1. The number of carbonyl (C=O) groups is 2. The first kappa shape index (κ1) is 16.3. The van der Waals surface area contributed by atoms with E-state index in [0.717, 1.165) is 22.0 Å². The van der Waals surface area contributed by atoms with Crippen molar-refractivity contribution < 1.29 is 9.59 Å². The van der Waals surface area contributed by atoms with Crippen LogP contribution in [0.2, 0.25) is 0 Å². The van der Waals surface area contributed by atoms with Gasteiger partial charge in [-0.1, -0.05) is 42.5 Å². The highest BCUT2D eigenvalue weighted by atomic mass is 16.2. The lowest BCUT2D eigenvalue weighted by atomic mass is 9.93. The normalized spacial score (nSPS) is 16.2. The van der Waals surface area contributed by atoms with Gasteiger partial charge in [0.05, 0.1) is 5.52 Å². The predicted molar refractivity (Wildman–Crippen MR) is 101 cm³/mol. The molecule has 0 saturated heterocycles. The van der Waals surface area contributed by atoms with Crippen molar-refractivity contribution in [1.29, 1.82) is 0 Å². The van der Waals surface area contributed by atoms with E-state index in [2.05, 4.69) is 10.3 Å².